The number of hydrogen-bond donors (Lipinski definition) is 2. The highest BCUT2D eigenvalue weighted by molar-refractivity contribution is 7.99. The third-order valence-electron chi connectivity index (χ3n) is 3.61. The molecule has 1 heterocycles. The Bertz CT molecular complexity index is 713. The van der Waals surface area contributed by atoms with Gasteiger partial charge in [-0.2, -0.15) is 0 Å². The number of benzene rings is 2. The molecule has 0 saturated carbocycles. The van der Waals surface area contributed by atoms with Gasteiger partial charge in [-0.3, -0.25) is 0 Å². The van der Waals surface area contributed by atoms with Gasteiger partial charge in [-0.25, -0.2) is 0 Å². The van der Waals surface area contributed by atoms with E-state index in [4.69, 9.17) is 0 Å². The van der Waals surface area contributed by atoms with Crippen LogP contribution in [-0.2, 0) is 6.54 Å². The fraction of sp³-hybridized carbons (Fsp3) is 0.222. The number of hydrogen-bond acceptors (Lipinski definition) is 2. The van der Waals surface area contributed by atoms with E-state index in [-0.39, 0.29) is 0 Å². The zero-order chi connectivity index (χ0) is 14.7. The van der Waals surface area contributed by atoms with Crippen LogP contribution in [0.5, 0.6) is 0 Å². The number of nitrogens with one attached hydrogen (secondary N) is 2. The van der Waals surface area contributed by atoms with Crippen LogP contribution in [0.15, 0.2) is 58.5 Å². The Balaban J connectivity index is 1.79. The van der Waals surface area contributed by atoms with E-state index < -0.39 is 0 Å². The van der Waals surface area contributed by atoms with E-state index in [0.717, 1.165) is 13.1 Å². The Hall–Kier alpha value is -1.71. The standard InChI is InChI=1S/C18H20N2S/c1-3-19-12-15-8-9-16(10-13(15)2)21-18-11-14-6-4-5-7-17(14)20-18/h4-11,19-20H,3,12H2,1-2H3. The summed E-state index contributed by atoms with van der Waals surface area (Å²) in [5.41, 5.74) is 3.91. The molecule has 3 rings (SSSR count). The number of fused-ring (bicyclic) bond motifs is 1. The van der Waals surface area contributed by atoms with Crippen molar-refractivity contribution in [3.63, 3.8) is 0 Å². The molecule has 0 spiro atoms. The van der Waals surface area contributed by atoms with Gasteiger partial charge in [-0.05, 0) is 48.9 Å². The van der Waals surface area contributed by atoms with Gasteiger partial charge >= 0.3 is 0 Å². The molecule has 0 aliphatic heterocycles. The molecular weight excluding hydrogens is 276 g/mol. The van der Waals surface area contributed by atoms with E-state index in [1.807, 2.05) is 0 Å². The third kappa shape index (κ3) is 3.31. The van der Waals surface area contributed by atoms with Crippen LogP contribution >= 0.6 is 11.8 Å². The lowest BCUT2D eigenvalue weighted by molar-refractivity contribution is 0.723. The van der Waals surface area contributed by atoms with Crippen molar-refractivity contribution in [2.24, 2.45) is 0 Å². The summed E-state index contributed by atoms with van der Waals surface area (Å²) in [7, 11) is 0. The van der Waals surface area contributed by atoms with E-state index >= 15 is 0 Å². The second kappa shape index (κ2) is 6.37. The lowest BCUT2D eigenvalue weighted by Gasteiger charge is -2.08. The fourth-order valence-electron chi connectivity index (χ4n) is 2.42. The number of para-hydroxylation sites is 1. The molecule has 2 nitrogen and oxygen atoms in total. The Morgan fingerprint density at radius 3 is 2.71 bits per heavy atom. The molecular formula is C18H20N2S. The summed E-state index contributed by atoms with van der Waals surface area (Å²) in [6, 6.07) is 17.3. The first-order valence-electron chi connectivity index (χ1n) is 7.32. The van der Waals surface area contributed by atoms with Crippen molar-refractivity contribution in [2.75, 3.05) is 6.54 Å². The summed E-state index contributed by atoms with van der Waals surface area (Å²) in [5.74, 6) is 0. The molecule has 108 valence electrons. The van der Waals surface area contributed by atoms with Gasteiger partial charge in [0.2, 0.25) is 0 Å². The van der Waals surface area contributed by atoms with Gasteiger partial charge in [0, 0.05) is 22.3 Å². The highest BCUT2D eigenvalue weighted by atomic mass is 32.2. The van der Waals surface area contributed by atoms with Gasteiger partial charge in [0.15, 0.2) is 0 Å². The first kappa shape index (κ1) is 14.2. The number of aryl methyl sites for hydroxylation is 1. The van der Waals surface area contributed by atoms with Crippen molar-refractivity contribution in [3.05, 3.63) is 59.7 Å². The van der Waals surface area contributed by atoms with Crippen LogP contribution in [0.3, 0.4) is 0 Å². The first-order valence-corrected chi connectivity index (χ1v) is 8.14. The Morgan fingerprint density at radius 1 is 1.10 bits per heavy atom. The second-order valence-corrected chi connectivity index (χ2v) is 6.31. The molecule has 0 amide bonds. The first-order chi connectivity index (χ1) is 10.3. The zero-order valence-electron chi connectivity index (χ0n) is 12.4. The minimum Gasteiger partial charge on any atom is -0.349 e. The van der Waals surface area contributed by atoms with Gasteiger partial charge in [0.05, 0.1) is 5.03 Å². The quantitative estimate of drug-likeness (QED) is 0.712. The highest BCUT2D eigenvalue weighted by Crippen LogP contribution is 2.30. The van der Waals surface area contributed by atoms with Crippen molar-refractivity contribution >= 4 is 22.7 Å². The molecule has 21 heavy (non-hydrogen) atoms. The maximum absolute atomic E-state index is 3.46. The van der Waals surface area contributed by atoms with Crippen molar-refractivity contribution in [2.45, 2.75) is 30.3 Å². The second-order valence-electron chi connectivity index (χ2n) is 5.19. The predicted molar refractivity (Wildman–Crippen MR) is 91.0 cm³/mol. The smallest absolute Gasteiger partial charge is 0.0780 e. The molecule has 0 aliphatic carbocycles. The van der Waals surface area contributed by atoms with Gasteiger partial charge in [-0.15, -0.1) is 0 Å². The topological polar surface area (TPSA) is 27.8 Å². The van der Waals surface area contributed by atoms with Crippen molar-refractivity contribution in [1.29, 1.82) is 0 Å². The normalized spacial score (nSPS) is 11.1. The monoisotopic (exact) mass is 296 g/mol. The Morgan fingerprint density at radius 2 is 1.95 bits per heavy atom. The van der Waals surface area contributed by atoms with Gasteiger partial charge < -0.3 is 10.3 Å². The van der Waals surface area contributed by atoms with Crippen LogP contribution in [0.2, 0.25) is 0 Å². The number of aromatic amines is 1. The molecule has 0 aliphatic rings. The molecule has 0 fully saturated rings. The minimum absolute atomic E-state index is 0.944. The largest absolute Gasteiger partial charge is 0.349 e. The summed E-state index contributed by atoms with van der Waals surface area (Å²) in [6.07, 6.45) is 0. The van der Waals surface area contributed by atoms with Crippen LogP contribution in [0, 0.1) is 6.92 Å². The molecule has 3 heteroatoms. The van der Waals surface area contributed by atoms with E-state index in [9.17, 15) is 0 Å². The van der Waals surface area contributed by atoms with Crippen LogP contribution < -0.4 is 5.32 Å². The number of rotatable bonds is 5. The summed E-state index contributed by atoms with van der Waals surface area (Å²) in [5, 5.41) is 5.83. The maximum atomic E-state index is 3.46. The molecule has 0 saturated heterocycles. The average Bonchev–Trinajstić information content (AvgIpc) is 2.88. The van der Waals surface area contributed by atoms with E-state index in [0.29, 0.717) is 0 Å². The van der Waals surface area contributed by atoms with Gasteiger partial charge in [0.25, 0.3) is 0 Å². The van der Waals surface area contributed by atoms with Crippen LogP contribution in [-0.4, -0.2) is 11.5 Å². The van der Waals surface area contributed by atoms with Crippen LogP contribution in [0.1, 0.15) is 18.1 Å². The molecule has 0 unspecified atom stereocenters. The van der Waals surface area contributed by atoms with Crippen LogP contribution in [0.25, 0.3) is 10.9 Å². The van der Waals surface area contributed by atoms with Crippen molar-refractivity contribution in [3.8, 4) is 0 Å². The lowest BCUT2D eigenvalue weighted by Crippen LogP contribution is -2.12. The molecule has 0 atom stereocenters. The Labute approximate surface area is 130 Å². The zero-order valence-corrected chi connectivity index (χ0v) is 13.3. The van der Waals surface area contributed by atoms with Crippen molar-refractivity contribution in [1.82, 2.24) is 10.3 Å². The molecule has 0 bridgehead atoms. The van der Waals surface area contributed by atoms with Gasteiger partial charge in [0.1, 0.15) is 0 Å². The summed E-state index contributed by atoms with van der Waals surface area (Å²) in [4.78, 5) is 4.74. The summed E-state index contributed by atoms with van der Waals surface area (Å²) in [6.45, 7) is 6.27. The SMILES string of the molecule is CCNCc1ccc(Sc2cc3ccccc3[nH]2)cc1C. The molecule has 1 aromatic heterocycles. The summed E-state index contributed by atoms with van der Waals surface area (Å²) >= 11 is 1.78. The predicted octanol–water partition coefficient (Wildman–Crippen LogP) is 4.74. The molecule has 3 aromatic rings. The van der Waals surface area contributed by atoms with E-state index in [1.165, 1.54) is 32.0 Å². The molecule has 0 radical (unpaired) electrons. The van der Waals surface area contributed by atoms with E-state index in [2.05, 4.69) is 72.7 Å². The lowest BCUT2D eigenvalue weighted by atomic mass is 10.1. The fourth-order valence-corrected chi connectivity index (χ4v) is 3.39. The van der Waals surface area contributed by atoms with Crippen LogP contribution in [0.4, 0.5) is 0 Å². The summed E-state index contributed by atoms with van der Waals surface area (Å²) < 4.78 is 0. The van der Waals surface area contributed by atoms with Gasteiger partial charge in [-0.1, -0.05) is 43.0 Å². The molecule has 2 N–H and O–H groups in total. The number of aromatic nitrogens is 1. The molecule has 2 aromatic carbocycles. The maximum Gasteiger partial charge on any atom is 0.0780 e. The highest BCUT2D eigenvalue weighted by Gasteiger charge is 2.04. The minimum atomic E-state index is 0.944. The van der Waals surface area contributed by atoms with E-state index in [1.54, 1.807) is 11.8 Å². The third-order valence-corrected chi connectivity index (χ3v) is 4.54. The van der Waals surface area contributed by atoms with Crippen molar-refractivity contribution < 1.29 is 0 Å². The average molecular weight is 296 g/mol. The number of H-pyrrole nitrogens is 1. The Kier molecular flexibility index (Phi) is 4.32.